The van der Waals surface area contributed by atoms with E-state index >= 15 is 0 Å². The molecule has 62 valence electrons. The molecule has 0 unspecified atom stereocenters. The Labute approximate surface area is 90.9 Å². The molecule has 0 aliphatic heterocycles. The van der Waals surface area contributed by atoms with Crippen LogP contribution in [0.5, 0.6) is 0 Å². The molecule has 11 heavy (non-hydrogen) atoms. The smallest absolute Gasteiger partial charge is 0.0416 e. The minimum atomic E-state index is 0. The van der Waals surface area contributed by atoms with E-state index in [9.17, 15) is 0 Å². The molecule has 0 saturated carbocycles. The van der Waals surface area contributed by atoms with Gasteiger partial charge in [0.25, 0.3) is 0 Å². The summed E-state index contributed by atoms with van der Waals surface area (Å²) in [6.45, 7) is 0.579. The van der Waals surface area contributed by atoms with E-state index in [0.717, 1.165) is 14.2 Å². The van der Waals surface area contributed by atoms with Crippen LogP contribution in [0, 0.1) is 3.57 Å². The quantitative estimate of drug-likeness (QED) is 0.793. The third kappa shape index (κ3) is 3.15. The second-order valence-electron chi connectivity index (χ2n) is 1.94. The van der Waals surface area contributed by atoms with Gasteiger partial charge in [0.15, 0.2) is 0 Å². The Morgan fingerprint density at radius 3 is 2.55 bits per heavy atom. The minimum Gasteiger partial charge on any atom is -0.326 e. The van der Waals surface area contributed by atoms with Crippen molar-refractivity contribution in [2.24, 2.45) is 5.73 Å². The summed E-state index contributed by atoms with van der Waals surface area (Å²) in [6, 6.07) is 5.71. The first-order chi connectivity index (χ1) is 4.74. The van der Waals surface area contributed by atoms with Gasteiger partial charge in [-0.3, -0.25) is 0 Å². The average molecular weight is 304 g/mol. The first-order valence-corrected chi connectivity index (χ1v) is 4.33. The molecule has 0 fully saturated rings. The standard InChI is InChI=1S/C7H7ClIN.ClH/c8-6-2-1-5(4-10)7(9)3-6;/h1-3H,4,10H2;1H. The van der Waals surface area contributed by atoms with Crippen LogP contribution >= 0.6 is 46.6 Å². The Bertz CT molecular complexity index is 240. The Kier molecular flexibility index (Phi) is 5.42. The molecule has 4 heteroatoms. The zero-order chi connectivity index (χ0) is 7.56. The van der Waals surface area contributed by atoms with Gasteiger partial charge in [-0.2, -0.15) is 0 Å². The van der Waals surface area contributed by atoms with E-state index in [2.05, 4.69) is 22.6 Å². The fourth-order valence-corrected chi connectivity index (χ4v) is 1.78. The molecule has 1 nitrogen and oxygen atoms in total. The number of hydrogen-bond acceptors (Lipinski definition) is 1. The van der Waals surface area contributed by atoms with Gasteiger partial charge in [0.05, 0.1) is 0 Å². The van der Waals surface area contributed by atoms with Crippen LogP contribution in [0.1, 0.15) is 5.56 Å². The number of benzene rings is 1. The van der Waals surface area contributed by atoms with Crippen LogP contribution in [0.2, 0.25) is 5.02 Å². The minimum absolute atomic E-state index is 0. The van der Waals surface area contributed by atoms with Crippen molar-refractivity contribution in [1.82, 2.24) is 0 Å². The van der Waals surface area contributed by atoms with Gasteiger partial charge in [0.1, 0.15) is 0 Å². The summed E-state index contributed by atoms with van der Waals surface area (Å²) in [5.41, 5.74) is 6.60. The van der Waals surface area contributed by atoms with Gasteiger partial charge in [-0.1, -0.05) is 17.7 Å². The monoisotopic (exact) mass is 303 g/mol. The zero-order valence-corrected chi connectivity index (χ0v) is 9.41. The fourth-order valence-electron chi connectivity index (χ4n) is 0.687. The largest absolute Gasteiger partial charge is 0.326 e. The van der Waals surface area contributed by atoms with Gasteiger partial charge in [0.2, 0.25) is 0 Å². The van der Waals surface area contributed by atoms with Crippen LogP contribution in [0.3, 0.4) is 0 Å². The van der Waals surface area contributed by atoms with Crippen LogP contribution in [0.15, 0.2) is 18.2 Å². The maximum atomic E-state index is 5.73. The van der Waals surface area contributed by atoms with Crippen LogP contribution in [0.4, 0.5) is 0 Å². The van der Waals surface area contributed by atoms with Crippen molar-refractivity contribution in [2.45, 2.75) is 6.54 Å². The van der Waals surface area contributed by atoms with Crippen LogP contribution in [-0.4, -0.2) is 0 Å². The normalized spacial score (nSPS) is 9.00. The van der Waals surface area contributed by atoms with Crippen molar-refractivity contribution in [3.63, 3.8) is 0 Å². The topological polar surface area (TPSA) is 26.0 Å². The average Bonchev–Trinajstić information content (AvgIpc) is 1.88. The van der Waals surface area contributed by atoms with Gasteiger partial charge in [0, 0.05) is 15.1 Å². The summed E-state index contributed by atoms with van der Waals surface area (Å²) in [5, 5.41) is 0.765. The van der Waals surface area contributed by atoms with Crippen LogP contribution in [0.25, 0.3) is 0 Å². The Morgan fingerprint density at radius 2 is 2.09 bits per heavy atom. The molecule has 0 aliphatic carbocycles. The molecule has 0 amide bonds. The van der Waals surface area contributed by atoms with E-state index in [-0.39, 0.29) is 12.4 Å². The van der Waals surface area contributed by atoms with Gasteiger partial charge < -0.3 is 5.73 Å². The third-order valence-electron chi connectivity index (χ3n) is 1.24. The molecular weight excluding hydrogens is 296 g/mol. The molecule has 2 N–H and O–H groups in total. The molecule has 1 aromatic carbocycles. The van der Waals surface area contributed by atoms with Gasteiger partial charge in [-0.05, 0) is 40.3 Å². The molecule has 0 atom stereocenters. The molecule has 1 rings (SSSR count). The van der Waals surface area contributed by atoms with E-state index in [0.29, 0.717) is 6.54 Å². The summed E-state index contributed by atoms with van der Waals surface area (Å²) in [7, 11) is 0. The lowest BCUT2D eigenvalue weighted by atomic mass is 10.2. The second kappa shape index (κ2) is 5.19. The Balaban J connectivity index is 0.000001000. The summed E-state index contributed by atoms with van der Waals surface area (Å²) in [4.78, 5) is 0. The van der Waals surface area contributed by atoms with E-state index < -0.39 is 0 Å². The highest BCUT2D eigenvalue weighted by Crippen LogP contribution is 2.17. The van der Waals surface area contributed by atoms with Gasteiger partial charge in [-0.25, -0.2) is 0 Å². The highest BCUT2D eigenvalue weighted by molar-refractivity contribution is 14.1. The van der Waals surface area contributed by atoms with E-state index in [1.807, 2.05) is 18.2 Å². The number of nitrogens with two attached hydrogens (primary N) is 1. The molecule has 0 radical (unpaired) electrons. The highest BCUT2D eigenvalue weighted by Gasteiger charge is 1.96. The lowest BCUT2D eigenvalue weighted by Gasteiger charge is -1.99. The molecule has 0 aromatic heterocycles. The SMILES string of the molecule is Cl.NCc1ccc(Cl)cc1I. The van der Waals surface area contributed by atoms with Crippen molar-refractivity contribution in [1.29, 1.82) is 0 Å². The fraction of sp³-hybridized carbons (Fsp3) is 0.143. The maximum Gasteiger partial charge on any atom is 0.0416 e. The van der Waals surface area contributed by atoms with Crippen LogP contribution in [-0.2, 0) is 6.54 Å². The molecule has 0 bridgehead atoms. The van der Waals surface area contributed by atoms with Crippen LogP contribution < -0.4 is 5.73 Å². The second-order valence-corrected chi connectivity index (χ2v) is 3.54. The van der Waals surface area contributed by atoms with Crippen molar-refractivity contribution in [2.75, 3.05) is 0 Å². The maximum absolute atomic E-state index is 5.73. The number of rotatable bonds is 1. The summed E-state index contributed by atoms with van der Waals surface area (Å²) < 4.78 is 1.13. The summed E-state index contributed by atoms with van der Waals surface area (Å²) in [5.74, 6) is 0. The third-order valence-corrected chi connectivity index (χ3v) is 2.47. The predicted molar refractivity (Wildman–Crippen MR) is 59.3 cm³/mol. The van der Waals surface area contributed by atoms with Crippen molar-refractivity contribution < 1.29 is 0 Å². The number of halogens is 3. The summed E-state index contributed by atoms with van der Waals surface area (Å²) >= 11 is 7.95. The lowest BCUT2D eigenvalue weighted by Crippen LogP contribution is -1.98. The number of hydrogen-bond donors (Lipinski definition) is 1. The Hall–Kier alpha value is 0.490. The van der Waals surface area contributed by atoms with E-state index in [1.165, 1.54) is 0 Å². The molecule has 0 spiro atoms. The highest BCUT2D eigenvalue weighted by atomic mass is 127. The van der Waals surface area contributed by atoms with E-state index in [1.54, 1.807) is 0 Å². The molecule has 0 aliphatic rings. The first kappa shape index (κ1) is 11.5. The van der Waals surface area contributed by atoms with Crippen molar-refractivity contribution >= 4 is 46.6 Å². The zero-order valence-electron chi connectivity index (χ0n) is 5.68. The summed E-state index contributed by atoms with van der Waals surface area (Å²) in [6.07, 6.45) is 0. The predicted octanol–water partition coefficient (Wildman–Crippen LogP) is 2.83. The lowest BCUT2D eigenvalue weighted by molar-refractivity contribution is 1.06. The molecular formula is C7H8Cl2IN. The molecule has 0 heterocycles. The Morgan fingerprint density at radius 1 is 1.45 bits per heavy atom. The molecule has 1 aromatic rings. The van der Waals surface area contributed by atoms with Crippen molar-refractivity contribution in [3.05, 3.63) is 32.4 Å². The molecule has 0 saturated heterocycles. The van der Waals surface area contributed by atoms with E-state index in [4.69, 9.17) is 17.3 Å². The van der Waals surface area contributed by atoms with Gasteiger partial charge >= 0.3 is 0 Å². The first-order valence-electron chi connectivity index (χ1n) is 2.88. The van der Waals surface area contributed by atoms with Crippen molar-refractivity contribution in [3.8, 4) is 0 Å². The van der Waals surface area contributed by atoms with Gasteiger partial charge in [-0.15, -0.1) is 12.4 Å².